The Morgan fingerprint density at radius 1 is 1.09 bits per heavy atom. The SMILES string of the molecule is CC12CCC(C1)C(C)(C)C2OCO[C@@H]1CO[C@@H]2[C@@H]1OC[C@@H]2O. The summed E-state index contributed by atoms with van der Waals surface area (Å²) in [6.45, 7) is 8.12. The largest absolute Gasteiger partial charge is 0.388 e. The first-order chi connectivity index (χ1) is 10.4. The quantitative estimate of drug-likeness (QED) is 0.801. The number of ether oxygens (including phenoxy) is 4. The highest BCUT2D eigenvalue weighted by Gasteiger charge is 2.60. The Balaban J connectivity index is 1.32. The smallest absolute Gasteiger partial charge is 0.147 e. The Kier molecular flexibility index (Phi) is 3.59. The van der Waals surface area contributed by atoms with Crippen LogP contribution in [0, 0.1) is 16.7 Å². The third kappa shape index (κ3) is 2.17. The molecule has 2 bridgehead atoms. The number of hydrogen-bond donors (Lipinski definition) is 1. The van der Waals surface area contributed by atoms with Gasteiger partial charge in [-0.3, -0.25) is 0 Å². The number of fused-ring (bicyclic) bond motifs is 3. The Morgan fingerprint density at radius 2 is 1.86 bits per heavy atom. The van der Waals surface area contributed by atoms with Gasteiger partial charge in [-0.25, -0.2) is 0 Å². The Hall–Kier alpha value is -0.200. The van der Waals surface area contributed by atoms with Crippen LogP contribution in [0.15, 0.2) is 0 Å². The second kappa shape index (κ2) is 5.15. The average molecular weight is 312 g/mol. The molecule has 2 aliphatic carbocycles. The lowest BCUT2D eigenvalue weighted by Crippen LogP contribution is -2.43. The lowest BCUT2D eigenvalue weighted by molar-refractivity contribution is -0.184. The van der Waals surface area contributed by atoms with Gasteiger partial charge in [0, 0.05) is 0 Å². The van der Waals surface area contributed by atoms with E-state index in [1.165, 1.54) is 19.3 Å². The predicted octanol–water partition coefficient (Wildman–Crippen LogP) is 1.72. The van der Waals surface area contributed by atoms with Gasteiger partial charge in [0.05, 0.1) is 19.3 Å². The summed E-state index contributed by atoms with van der Waals surface area (Å²) >= 11 is 0. The van der Waals surface area contributed by atoms with E-state index < -0.39 is 6.10 Å². The molecule has 2 saturated heterocycles. The fraction of sp³-hybridized carbons (Fsp3) is 1.00. The molecule has 0 radical (unpaired) electrons. The number of aliphatic hydroxyl groups is 1. The Morgan fingerprint density at radius 3 is 2.59 bits per heavy atom. The first kappa shape index (κ1) is 15.3. The summed E-state index contributed by atoms with van der Waals surface area (Å²) in [6.07, 6.45) is 3.08. The van der Waals surface area contributed by atoms with E-state index in [4.69, 9.17) is 18.9 Å². The van der Waals surface area contributed by atoms with Crippen molar-refractivity contribution in [2.45, 2.75) is 70.6 Å². The molecule has 0 amide bonds. The van der Waals surface area contributed by atoms with Gasteiger partial charge < -0.3 is 24.1 Å². The third-order valence-electron chi connectivity index (χ3n) is 6.64. The molecular formula is C17H28O5. The molecule has 0 spiro atoms. The molecule has 0 aromatic rings. The Bertz CT molecular complexity index is 434. The molecule has 1 N–H and O–H groups in total. The highest BCUT2D eigenvalue weighted by molar-refractivity contribution is 5.09. The highest BCUT2D eigenvalue weighted by atomic mass is 16.7. The maximum atomic E-state index is 9.75. The van der Waals surface area contributed by atoms with Crippen molar-refractivity contribution in [3.63, 3.8) is 0 Å². The van der Waals surface area contributed by atoms with Crippen LogP contribution in [0.25, 0.3) is 0 Å². The zero-order valence-corrected chi connectivity index (χ0v) is 13.8. The van der Waals surface area contributed by atoms with Gasteiger partial charge in [0.25, 0.3) is 0 Å². The Labute approximate surface area is 132 Å². The summed E-state index contributed by atoms with van der Waals surface area (Å²) in [4.78, 5) is 0. The summed E-state index contributed by atoms with van der Waals surface area (Å²) in [5.41, 5.74) is 0.525. The van der Waals surface area contributed by atoms with Crippen molar-refractivity contribution in [1.29, 1.82) is 0 Å². The summed E-state index contributed by atoms with van der Waals surface area (Å²) in [5.74, 6) is 0.773. The van der Waals surface area contributed by atoms with Crippen molar-refractivity contribution in [2.24, 2.45) is 16.7 Å². The molecule has 3 unspecified atom stereocenters. The normalized spacial score (nSPS) is 52.4. The molecule has 4 fully saturated rings. The zero-order valence-electron chi connectivity index (χ0n) is 13.8. The van der Waals surface area contributed by atoms with Gasteiger partial charge in [-0.05, 0) is 36.0 Å². The van der Waals surface area contributed by atoms with Gasteiger partial charge in [-0.2, -0.15) is 0 Å². The summed E-state index contributed by atoms with van der Waals surface area (Å²) in [5, 5.41) is 9.75. The van der Waals surface area contributed by atoms with E-state index in [2.05, 4.69) is 20.8 Å². The molecule has 22 heavy (non-hydrogen) atoms. The summed E-state index contributed by atoms with van der Waals surface area (Å²) in [6, 6.07) is 0. The first-order valence-electron chi connectivity index (χ1n) is 8.56. The fourth-order valence-corrected chi connectivity index (χ4v) is 5.45. The molecule has 7 atom stereocenters. The number of hydrogen-bond acceptors (Lipinski definition) is 5. The first-order valence-corrected chi connectivity index (χ1v) is 8.56. The van der Waals surface area contributed by atoms with Crippen molar-refractivity contribution < 1.29 is 24.1 Å². The second-order valence-corrected chi connectivity index (χ2v) is 8.45. The average Bonchev–Trinajstić information content (AvgIpc) is 3.15. The van der Waals surface area contributed by atoms with Crippen LogP contribution in [-0.4, -0.2) is 55.6 Å². The van der Waals surface area contributed by atoms with Crippen molar-refractivity contribution in [2.75, 3.05) is 20.0 Å². The van der Waals surface area contributed by atoms with E-state index in [0.29, 0.717) is 18.6 Å². The van der Waals surface area contributed by atoms with Gasteiger partial charge in [-0.1, -0.05) is 20.8 Å². The van der Waals surface area contributed by atoms with Gasteiger partial charge >= 0.3 is 0 Å². The predicted molar refractivity (Wildman–Crippen MR) is 79.3 cm³/mol. The van der Waals surface area contributed by atoms with Gasteiger partial charge in [0.15, 0.2) is 0 Å². The van der Waals surface area contributed by atoms with Crippen LogP contribution in [0.3, 0.4) is 0 Å². The van der Waals surface area contributed by atoms with E-state index in [9.17, 15) is 5.11 Å². The van der Waals surface area contributed by atoms with Gasteiger partial charge in [0.2, 0.25) is 0 Å². The monoisotopic (exact) mass is 312 g/mol. The third-order valence-corrected chi connectivity index (χ3v) is 6.64. The molecule has 2 aliphatic heterocycles. The number of aliphatic hydroxyl groups excluding tert-OH is 1. The standard InChI is InChI=1S/C17H28O5/c1-16(2)10-4-5-17(3,6-10)15(16)22-9-21-12-8-20-13-11(18)7-19-14(12)13/h10-15,18H,4-9H2,1-3H3/t10?,11-,12+,13-,14+,15?,17?/m0/s1. The van der Waals surface area contributed by atoms with E-state index in [1.54, 1.807) is 0 Å². The van der Waals surface area contributed by atoms with Crippen LogP contribution >= 0.6 is 0 Å². The van der Waals surface area contributed by atoms with Crippen molar-refractivity contribution >= 4 is 0 Å². The van der Waals surface area contributed by atoms with Crippen LogP contribution in [-0.2, 0) is 18.9 Å². The van der Waals surface area contributed by atoms with E-state index in [0.717, 1.165) is 5.92 Å². The van der Waals surface area contributed by atoms with Gasteiger partial charge in [-0.15, -0.1) is 0 Å². The van der Waals surface area contributed by atoms with Crippen molar-refractivity contribution in [3.8, 4) is 0 Å². The maximum Gasteiger partial charge on any atom is 0.147 e. The van der Waals surface area contributed by atoms with E-state index >= 15 is 0 Å². The molecule has 2 saturated carbocycles. The molecule has 5 nitrogen and oxygen atoms in total. The van der Waals surface area contributed by atoms with Crippen LogP contribution in [0.2, 0.25) is 0 Å². The molecule has 126 valence electrons. The fourth-order valence-electron chi connectivity index (χ4n) is 5.45. The van der Waals surface area contributed by atoms with Crippen LogP contribution in [0.4, 0.5) is 0 Å². The minimum atomic E-state index is -0.525. The van der Waals surface area contributed by atoms with E-state index in [-0.39, 0.29) is 36.6 Å². The van der Waals surface area contributed by atoms with Crippen LogP contribution < -0.4 is 0 Å². The van der Waals surface area contributed by atoms with Gasteiger partial charge in [0.1, 0.15) is 31.2 Å². The van der Waals surface area contributed by atoms with Crippen LogP contribution in [0.1, 0.15) is 40.0 Å². The molecule has 4 rings (SSSR count). The zero-order chi connectivity index (χ0) is 15.5. The minimum absolute atomic E-state index is 0.128. The van der Waals surface area contributed by atoms with Crippen molar-refractivity contribution in [1.82, 2.24) is 0 Å². The maximum absolute atomic E-state index is 9.75. The summed E-state index contributed by atoms with van der Waals surface area (Å²) < 4.78 is 23.2. The molecule has 5 heteroatoms. The highest BCUT2D eigenvalue weighted by Crippen LogP contribution is 2.63. The van der Waals surface area contributed by atoms with Crippen LogP contribution in [0.5, 0.6) is 0 Å². The lowest BCUT2D eigenvalue weighted by atomic mass is 9.70. The molecule has 0 aromatic heterocycles. The lowest BCUT2D eigenvalue weighted by Gasteiger charge is -2.42. The molecular weight excluding hydrogens is 284 g/mol. The summed E-state index contributed by atoms with van der Waals surface area (Å²) in [7, 11) is 0. The van der Waals surface area contributed by atoms with E-state index in [1.807, 2.05) is 0 Å². The molecule has 2 heterocycles. The molecule has 4 aliphatic rings. The van der Waals surface area contributed by atoms with Crippen molar-refractivity contribution in [3.05, 3.63) is 0 Å². The second-order valence-electron chi connectivity index (χ2n) is 8.45. The molecule has 0 aromatic carbocycles. The minimum Gasteiger partial charge on any atom is -0.388 e. The number of rotatable bonds is 4. The topological polar surface area (TPSA) is 57.2 Å².